The summed E-state index contributed by atoms with van der Waals surface area (Å²) in [6.07, 6.45) is -1.76. The number of aromatic amines is 1. The maximum Gasteiger partial charge on any atom is 0.330 e. The fourth-order valence-corrected chi connectivity index (χ4v) is 2.72. The second-order valence-electron chi connectivity index (χ2n) is 7.11. The molecule has 0 aliphatic carbocycles. The Morgan fingerprint density at radius 3 is 2.54 bits per heavy atom. The molecule has 24 heavy (non-hydrogen) atoms. The van der Waals surface area contributed by atoms with E-state index in [1.165, 1.54) is 20.8 Å². The third-order valence-electron chi connectivity index (χ3n) is 4.75. The van der Waals surface area contributed by atoms with Crippen molar-refractivity contribution in [2.75, 3.05) is 0 Å². The van der Waals surface area contributed by atoms with Gasteiger partial charge in [-0.1, -0.05) is 0 Å². The van der Waals surface area contributed by atoms with Gasteiger partial charge in [0.25, 0.3) is 5.56 Å². The average molecular weight is 344 g/mol. The van der Waals surface area contributed by atoms with Crippen LogP contribution in [0.15, 0.2) is 21.9 Å². The molecule has 9 heteroatoms. The standard InChI is InChI=1S/C15H21FN2O6/c1-13(2,11(20)21)7-8-15(4,23)14(3,16)10(24-8)18-6-5-9(19)17-12(18)22/h5-6,8,10,23H,7H2,1-4H3,(H,20,21)(H,17,19,22)/t8-,10+,14+,15-/m1/s1. The molecule has 1 aromatic heterocycles. The van der Waals surface area contributed by atoms with Gasteiger partial charge in [0.1, 0.15) is 5.60 Å². The molecule has 1 saturated heterocycles. The van der Waals surface area contributed by atoms with Crippen LogP contribution < -0.4 is 11.2 Å². The summed E-state index contributed by atoms with van der Waals surface area (Å²) in [5.41, 5.74) is -7.24. The third-order valence-corrected chi connectivity index (χ3v) is 4.75. The normalized spacial score (nSPS) is 33.6. The Hall–Kier alpha value is -2.00. The Morgan fingerprint density at radius 2 is 2.04 bits per heavy atom. The van der Waals surface area contributed by atoms with Crippen molar-refractivity contribution >= 4 is 5.97 Å². The molecule has 8 nitrogen and oxygen atoms in total. The molecular weight excluding hydrogens is 323 g/mol. The van der Waals surface area contributed by atoms with Crippen LogP contribution >= 0.6 is 0 Å². The van der Waals surface area contributed by atoms with Gasteiger partial charge in [-0.25, -0.2) is 9.18 Å². The van der Waals surface area contributed by atoms with Crippen LogP contribution in [0.3, 0.4) is 0 Å². The summed E-state index contributed by atoms with van der Waals surface area (Å²) in [7, 11) is 0. The van der Waals surface area contributed by atoms with E-state index < -0.39 is 46.2 Å². The number of halogens is 1. The van der Waals surface area contributed by atoms with Crippen LogP contribution in [-0.2, 0) is 9.53 Å². The summed E-state index contributed by atoms with van der Waals surface area (Å²) < 4.78 is 21.6. The lowest BCUT2D eigenvalue weighted by atomic mass is 9.77. The molecule has 4 atom stereocenters. The fraction of sp³-hybridized carbons (Fsp3) is 0.667. The van der Waals surface area contributed by atoms with Gasteiger partial charge in [0.2, 0.25) is 0 Å². The van der Waals surface area contributed by atoms with Crippen LogP contribution in [0.25, 0.3) is 0 Å². The number of aliphatic carboxylic acids is 1. The molecule has 0 amide bonds. The molecule has 3 N–H and O–H groups in total. The van der Waals surface area contributed by atoms with Gasteiger partial charge in [-0.2, -0.15) is 0 Å². The number of aromatic nitrogens is 2. The number of carboxylic acids is 1. The predicted octanol–water partition coefficient (Wildman–Crippen LogP) is 0.414. The minimum absolute atomic E-state index is 0.163. The Morgan fingerprint density at radius 1 is 1.46 bits per heavy atom. The number of nitrogens with one attached hydrogen (secondary N) is 1. The minimum Gasteiger partial charge on any atom is -0.481 e. The molecule has 1 aromatic rings. The van der Waals surface area contributed by atoms with Gasteiger partial charge in [-0.15, -0.1) is 0 Å². The first-order valence-electron chi connectivity index (χ1n) is 7.42. The minimum atomic E-state index is -2.39. The molecule has 134 valence electrons. The number of alkyl halides is 1. The first-order valence-corrected chi connectivity index (χ1v) is 7.42. The topological polar surface area (TPSA) is 122 Å². The van der Waals surface area contributed by atoms with Crippen LogP contribution in [0, 0.1) is 5.41 Å². The largest absolute Gasteiger partial charge is 0.481 e. The molecule has 0 bridgehead atoms. The number of carbonyl (C=O) groups is 1. The lowest BCUT2D eigenvalue weighted by Gasteiger charge is -2.34. The van der Waals surface area contributed by atoms with Gasteiger partial charge < -0.3 is 14.9 Å². The number of nitrogens with zero attached hydrogens (tertiary/aromatic N) is 1. The zero-order valence-electron chi connectivity index (χ0n) is 13.9. The number of rotatable bonds is 4. The van der Waals surface area contributed by atoms with E-state index in [-0.39, 0.29) is 6.42 Å². The van der Waals surface area contributed by atoms with E-state index in [1.807, 2.05) is 4.98 Å². The van der Waals surface area contributed by atoms with E-state index in [2.05, 4.69) is 0 Å². The summed E-state index contributed by atoms with van der Waals surface area (Å²) in [6, 6.07) is 1.03. The van der Waals surface area contributed by atoms with E-state index >= 15 is 4.39 Å². The summed E-state index contributed by atoms with van der Waals surface area (Å²) >= 11 is 0. The number of ether oxygens (including phenoxy) is 1. The Kier molecular flexibility index (Phi) is 4.22. The molecule has 2 rings (SSSR count). The monoisotopic (exact) mass is 344 g/mol. The molecule has 0 radical (unpaired) electrons. The second kappa shape index (κ2) is 5.52. The SMILES string of the molecule is CC(C)(C[C@H]1O[C@H](n2ccc(=O)[nH]c2=O)[C@](C)(F)[C@]1(C)O)C(=O)O. The highest BCUT2D eigenvalue weighted by atomic mass is 19.1. The predicted molar refractivity (Wildman–Crippen MR) is 81.4 cm³/mol. The number of hydrogen-bond acceptors (Lipinski definition) is 5. The number of H-pyrrole nitrogens is 1. The zero-order chi connectivity index (χ0) is 18.5. The Balaban J connectivity index is 2.45. The van der Waals surface area contributed by atoms with Gasteiger partial charge in [-0.3, -0.25) is 19.1 Å². The summed E-state index contributed by atoms with van der Waals surface area (Å²) in [6.45, 7) is 5.14. The first-order chi connectivity index (χ1) is 10.8. The van der Waals surface area contributed by atoms with Crippen LogP contribution in [0.5, 0.6) is 0 Å². The highest BCUT2D eigenvalue weighted by Crippen LogP contribution is 2.50. The molecule has 0 unspecified atom stereocenters. The van der Waals surface area contributed by atoms with Crippen molar-refractivity contribution in [2.24, 2.45) is 5.41 Å². The smallest absolute Gasteiger partial charge is 0.330 e. The number of carboxylic acid groups (broad SMARTS) is 1. The quantitative estimate of drug-likeness (QED) is 0.727. The van der Waals surface area contributed by atoms with Crippen LogP contribution in [0.1, 0.15) is 40.3 Å². The number of hydrogen-bond donors (Lipinski definition) is 3. The highest BCUT2D eigenvalue weighted by molar-refractivity contribution is 5.73. The van der Waals surface area contributed by atoms with Crippen LogP contribution in [-0.4, -0.2) is 43.1 Å². The third kappa shape index (κ3) is 2.78. The molecular formula is C15H21FN2O6. The molecule has 1 aliphatic rings. The fourth-order valence-electron chi connectivity index (χ4n) is 2.72. The summed E-state index contributed by atoms with van der Waals surface area (Å²) in [4.78, 5) is 36.4. The zero-order valence-corrected chi connectivity index (χ0v) is 13.9. The second-order valence-corrected chi connectivity index (χ2v) is 7.11. The van der Waals surface area contributed by atoms with Gasteiger partial charge in [-0.05, 0) is 34.1 Å². The molecule has 0 spiro atoms. The Bertz CT molecular complexity index is 764. The molecule has 0 saturated carbocycles. The van der Waals surface area contributed by atoms with Crippen molar-refractivity contribution in [1.82, 2.24) is 9.55 Å². The molecule has 1 fully saturated rings. The van der Waals surface area contributed by atoms with Crippen molar-refractivity contribution in [1.29, 1.82) is 0 Å². The number of aliphatic hydroxyl groups is 1. The van der Waals surface area contributed by atoms with Crippen molar-refractivity contribution in [3.63, 3.8) is 0 Å². The van der Waals surface area contributed by atoms with Crippen LogP contribution in [0.2, 0.25) is 0 Å². The lowest BCUT2D eigenvalue weighted by molar-refractivity contribution is -0.151. The molecule has 0 aromatic carbocycles. The van der Waals surface area contributed by atoms with Gasteiger partial charge >= 0.3 is 11.7 Å². The van der Waals surface area contributed by atoms with E-state index in [4.69, 9.17) is 4.74 Å². The van der Waals surface area contributed by atoms with Gasteiger partial charge in [0, 0.05) is 12.3 Å². The lowest BCUT2D eigenvalue weighted by Crippen LogP contribution is -2.53. The van der Waals surface area contributed by atoms with Crippen molar-refractivity contribution in [2.45, 2.75) is 57.7 Å². The summed E-state index contributed by atoms with van der Waals surface area (Å²) in [5, 5.41) is 19.9. The summed E-state index contributed by atoms with van der Waals surface area (Å²) in [5.74, 6) is -1.12. The van der Waals surface area contributed by atoms with Gasteiger partial charge in [0.05, 0.1) is 11.5 Å². The van der Waals surface area contributed by atoms with E-state index in [9.17, 15) is 24.6 Å². The van der Waals surface area contributed by atoms with E-state index in [0.717, 1.165) is 23.8 Å². The first kappa shape index (κ1) is 18.3. The van der Waals surface area contributed by atoms with Crippen molar-refractivity contribution in [3.8, 4) is 0 Å². The van der Waals surface area contributed by atoms with E-state index in [1.54, 1.807) is 0 Å². The highest BCUT2D eigenvalue weighted by Gasteiger charge is 2.64. The Labute approximate surface area is 136 Å². The molecule has 2 heterocycles. The maximum atomic E-state index is 15.3. The molecule has 1 aliphatic heterocycles. The van der Waals surface area contributed by atoms with Crippen LogP contribution in [0.4, 0.5) is 4.39 Å². The van der Waals surface area contributed by atoms with Crippen molar-refractivity contribution in [3.05, 3.63) is 33.1 Å². The average Bonchev–Trinajstić information content (AvgIpc) is 2.58. The van der Waals surface area contributed by atoms with E-state index in [0.29, 0.717) is 0 Å². The van der Waals surface area contributed by atoms with Gasteiger partial charge in [0.15, 0.2) is 11.9 Å². The van der Waals surface area contributed by atoms with Crippen molar-refractivity contribution < 1.29 is 24.1 Å². The maximum absolute atomic E-state index is 15.3.